The van der Waals surface area contributed by atoms with Crippen molar-refractivity contribution in [3.63, 3.8) is 0 Å². The van der Waals surface area contributed by atoms with Crippen molar-refractivity contribution >= 4 is 40.6 Å². The number of rotatable bonds is 8. The molecule has 3 aromatic rings. The molecule has 2 aromatic carbocycles. The van der Waals surface area contributed by atoms with Crippen molar-refractivity contribution in [2.24, 2.45) is 0 Å². The minimum absolute atomic E-state index is 0.00801. The summed E-state index contributed by atoms with van der Waals surface area (Å²) >= 11 is 0.808. The maximum Gasteiger partial charge on any atom is 0.373 e. The molecule has 10 nitrogen and oxygen atoms in total. The Morgan fingerprint density at radius 1 is 1.14 bits per heavy atom. The predicted molar refractivity (Wildman–Crippen MR) is 125 cm³/mol. The number of ether oxygens (including phenoxy) is 2. The fourth-order valence-electron chi connectivity index (χ4n) is 3.20. The Labute approximate surface area is 203 Å². The van der Waals surface area contributed by atoms with Crippen LogP contribution in [0.2, 0.25) is 0 Å². The molecule has 2 amide bonds. The van der Waals surface area contributed by atoms with Crippen molar-refractivity contribution in [1.82, 2.24) is 4.90 Å². The van der Waals surface area contributed by atoms with Crippen molar-refractivity contribution in [3.8, 4) is 5.75 Å². The highest BCUT2D eigenvalue weighted by Crippen LogP contribution is 2.33. The quantitative estimate of drug-likeness (QED) is 0.188. The molecule has 0 radical (unpaired) electrons. The van der Waals surface area contributed by atoms with Gasteiger partial charge in [-0.05, 0) is 53.2 Å². The molecule has 4 rings (SSSR count). The van der Waals surface area contributed by atoms with Crippen LogP contribution in [0.5, 0.6) is 5.75 Å². The van der Waals surface area contributed by atoms with Gasteiger partial charge in [-0.2, -0.15) is 0 Å². The summed E-state index contributed by atoms with van der Waals surface area (Å²) in [5.41, 5.74) is 1.34. The molecule has 0 unspecified atom stereocenters. The van der Waals surface area contributed by atoms with Crippen LogP contribution in [0.3, 0.4) is 0 Å². The Balaban J connectivity index is 1.38. The molecule has 1 fully saturated rings. The second-order valence-electron chi connectivity index (χ2n) is 7.31. The summed E-state index contributed by atoms with van der Waals surface area (Å²) in [5, 5.41) is 10.4. The highest BCUT2D eigenvalue weighted by atomic mass is 32.2. The minimum Gasteiger partial charge on any atom is -0.489 e. The summed E-state index contributed by atoms with van der Waals surface area (Å²) in [7, 11) is 1.22. The average Bonchev–Trinajstić information content (AvgIpc) is 3.43. The number of benzene rings is 2. The molecular formula is C24H18N2O8S. The van der Waals surface area contributed by atoms with E-state index < -0.39 is 22.0 Å². The standard InChI is InChI=1S/C24H18N2O8S/c1-32-23(28)20-10-9-19(34-20)13-25-22(27)21(35-24(25)29)12-15-5-7-18(8-6-15)33-14-16-3-2-4-17(11-16)26(30)31/h2-12H,13-14H2,1H3. The van der Waals surface area contributed by atoms with Crippen molar-refractivity contribution in [3.05, 3.63) is 98.3 Å². The molecule has 0 bridgehead atoms. The first-order valence-corrected chi connectivity index (χ1v) is 11.0. The molecule has 0 spiro atoms. The van der Waals surface area contributed by atoms with Crippen LogP contribution in [-0.2, 0) is 22.7 Å². The van der Waals surface area contributed by atoms with E-state index in [1.54, 1.807) is 42.5 Å². The fraction of sp³-hybridized carbons (Fsp3) is 0.125. The number of nitro benzene ring substituents is 1. The van der Waals surface area contributed by atoms with E-state index in [4.69, 9.17) is 9.15 Å². The molecule has 178 valence electrons. The van der Waals surface area contributed by atoms with Crippen LogP contribution in [0.15, 0.2) is 70.0 Å². The van der Waals surface area contributed by atoms with Gasteiger partial charge in [-0.1, -0.05) is 24.3 Å². The Morgan fingerprint density at radius 3 is 2.63 bits per heavy atom. The van der Waals surface area contributed by atoms with Gasteiger partial charge in [0.15, 0.2) is 0 Å². The molecule has 11 heteroatoms. The lowest BCUT2D eigenvalue weighted by Crippen LogP contribution is -2.27. The molecule has 1 aliphatic heterocycles. The first-order valence-electron chi connectivity index (χ1n) is 10.2. The largest absolute Gasteiger partial charge is 0.489 e. The van der Waals surface area contributed by atoms with Gasteiger partial charge in [0.25, 0.3) is 16.8 Å². The predicted octanol–water partition coefficient (Wildman–Crippen LogP) is 4.79. The lowest BCUT2D eigenvalue weighted by molar-refractivity contribution is -0.384. The number of carbonyl (C=O) groups is 3. The normalized spacial score (nSPS) is 14.4. The van der Waals surface area contributed by atoms with Crippen molar-refractivity contribution in [2.75, 3.05) is 7.11 Å². The van der Waals surface area contributed by atoms with E-state index in [9.17, 15) is 24.5 Å². The summed E-state index contributed by atoms with van der Waals surface area (Å²) in [6.07, 6.45) is 1.59. The van der Waals surface area contributed by atoms with Gasteiger partial charge in [0, 0.05) is 12.1 Å². The Morgan fingerprint density at radius 2 is 1.91 bits per heavy atom. The van der Waals surface area contributed by atoms with Gasteiger partial charge < -0.3 is 13.9 Å². The number of amides is 2. The van der Waals surface area contributed by atoms with Crippen LogP contribution in [0.4, 0.5) is 10.5 Å². The molecule has 35 heavy (non-hydrogen) atoms. The average molecular weight is 494 g/mol. The number of furan rings is 1. The zero-order valence-electron chi connectivity index (χ0n) is 18.3. The number of non-ortho nitro benzene ring substituents is 1. The summed E-state index contributed by atoms with van der Waals surface area (Å²) in [4.78, 5) is 48.3. The second-order valence-corrected chi connectivity index (χ2v) is 8.30. The molecule has 0 atom stereocenters. The van der Waals surface area contributed by atoms with E-state index in [0.717, 1.165) is 16.7 Å². The topological polar surface area (TPSA) is 129 Å². The van der Waals surface area contributed by atoms with E-state index in [-0.39, 0.29) is 35.3 Å². The molecule has 1 aromatic heterocycles. The number of thioether (sulfide) groups is 1. The number of nitrogens with zero attached hydrogens (tertiary/aromatic N) is 2. The summed E-state index contributed by atoms with van der Waals surface area (Å²) in [5.74, 6) is -0.317. The maximum atomic E-state index is 12.7. The lowest BCUT2D eigenvalue weighted by atomic mass is 10.2. The van der Waals surface area contributed by atoms with Gasteiger partial charge >= 0.3 is 5.97 Å². The number of methoxy groups -OCH3 is 1. The highest BCUT2D eigenvalue weighted by molar-refractivity contribution is 8.18. The number of imide groups is 1. The molecule has 1 aliphatic rings. The van der Waals surface area contributed by atoms with E-state index in [1.807, 2.05) is 0 Å². The van der Waals surface area contributed by atoms with Crippen LogP contribution in [0, 0.1) is 10.1 Å². The smallest absolute Gasteiger partial charge is 0.373 e. The fourth-order valence-corrected chi connectivity index (χ4v) is 4.04. The molecule has 0 saturated carbocycles. The van der Waals surface area contributed by atoms with Gasteiger partial charge in [0.1, 0.15) is 18.1 Å². The third kappa shape index (κ3) is 5.58. The first kappa shape index (κ1) is 23.8. The van der Waals surface area contributed by atoms with Crippen LogP contribution in [0.25, 0.3) is 6.08 Å². The van der Waals surface area contributed by atoms with Crippen LogP contribution in [-0.4, -0.2) is 34.0 Å². The third-order valence-electron chi connectivity index (χ3n) is 4.94. The van der Waals surface area contributed by atoms with Gasteiger partial charge in [-0.3, -0.25) is 24.6 Å². The number of esters is 1. The third-order valence-corrected chi connectivity index (χ3v) is 5.85. The number of nitro groups is 1. The van der Waals surface area contributed by atoms with Crippen LogP contribution >= 0.6 is 11.8 Å². The Hall–Kier alpha value is -4.38. The maximum absolute atomic E-state index is 12.7. The lowest BCUT2D eigenvalue weighted by Gasteiger charge is -2.10. The van der Waals surface area contributed by atoms with Crippen molar-refractivity contribution < 1.29 is 33.2 Å². The highest BCUT2D eigenvalue weighted by Gasteiger charge is 2.35. The summed E-state index contributed by atoms with van der Waals surface area (Å²) in [6, 6.07) is 16.0. The van der Waals surface area contributed by atoms with E-state index in [1.165, 1.54) is 31.4 Å². The SMILES string of the molecule is COC(=O)c1ccc(CN2C(=O)SC(=Cc3ccc(OCc4cccc([N+](=O)[O-])c4)cc3)C2=O)o1. The molecule has 2 heterocycles. The zero-order valence-corrected chi connectivity index (χ0v) is 19.2. The molecular weight excluding hydrogens is 476 g/mol. The Bertz CT molecular complexity index is 1330. The molecule has 0 aliphatic carbocycles. The van der Waals surface area contributed by atoms with E-state index in [0.29, 0.717) is 16.9 Å². The minimum atomic E-state index is -0.650. The summed E-state index contributed by atoms with van der Waals surface area (Å²) < 4.78 is 15.6. The zero-order chi connectivity index (χ0) is 24.9. The van der Waals surface area contributed by atoms with Gasteiger partial charge in [-0.25, -0.2) is 4.79 Å². The van der Waals surface area contributed by atoms with Crippen LogP contribution < -0.4 is 4.74 Å². The van der Waals surface area contributed by atoms with Gasteiger partial charge in [-0.15, -0.1) is 0 Å². The number of carbonyl (C=O) groups excluding carboxylic acids is 3. The van der Waals surface area contributed by atoms with Crippen LogP contribution in [0.1, 0.15) is 27.4 Å². The number of hydrogen-bond acceptors (Lipinski definition) is 9. The van der Waals surface area contributed by atoms with Gasteiger partial charge in [0.2, 0.25) is 5.76 Å². The van der Waals surface area contributed by atoms with E-state index in [2.05, 4.69) is 4.74 Å². The monoisotopic (exact) mass is 494 g/mol. The van der Waals surface area contributed by atoms with Crippen molar-refractivity contribution in [1.29, 1.82) is 0 Å². The van der Waals surface area contributed by atoms with Crippen molar-refractivity contribution in [2.45, 2.75) is 13.2 Å². The van der Waals surface area contributed by atoms with E-state index >= 15 is 0 Å². The summed E-state index contributed by atoms with van der Waals surface area (Å²) in [6.45, 7) is 0.0494. The Kier molecular flexibility index (Phi) is 6.97. The molecule has 0 N–H and O–H groups in total. The number of hydrogen-bond donors (Lipinski definition) is 0. The second kappa shape index (κ2) is 10.3. The first-order chi connectivity index (χ1) is 16.8. The van der Waals surface area contributed by atoms with Gasteiger partial charge in [0.05, 0.1) is 23.5 Å². The molecule has 1 saturated heterocycles.